The first-order valence-electron chi connectivity index (χ1n) is 9.88. The van der Waals surface area contributed by atoms with E-state index in [1.807, 2.05) is 13.8 Å². The Labute approximate surface area is 160 Å². The monoisotopic (exact) mass is 412 g/mol. The van der Waals surface area contributed by atoms with Crippen molar-refractivity contribution in [2.45, 2.75) is 79.1 Å². The van der Waals surface area contributed by atoms with Crippen LogP contribution in [0.2, 0.25) is 0 Å². The molecule has 6 nitrogen and oxygen atoms in total. The standard InChI is InChI=1S/C18H38O6P2/c1-6-10-12-16-23-26(20,24-17-13-11-7-2)18(5)25(19,21-14-8-3)22-15-9-4/h5-17H2,1-4H3. The molecule has 0 saturated heterocycles. The minimum atomic E-state index is -3.80. The lowest BCUT2D eigenvalue weighted by Gasteiger charge is -2.26. The van der Waals surface area contributed by atoms with Gasteiger partial charge in [-0.3, -0.25) is 9.13 Å². The van der Waals surface area contributed by atoms with E-state index < -0.39 is 15.2 Å². The zero-order valence-electron chi connectivity index (χ0n) is 17.0. The molecule has 0 aliphatic heterocycles. The van der Waals surface area contributed by atoms with E-state index in [0.717, 1.165) is 38.5 Å². The van der Waals surface area contributed by atoms with Crippen molar-refractivity contribution in [3.8, 4) is 0 Å². The minimum absolute atomic E-state index is 0.181. The van der Waals surface area contributed by atoms with Crippen molar-refractivity contribution in [3.63, 3.8) is 0 Å². The fourth-order valence-electron chi connectivity index (χ4n) is 2.02. The fourth-order valence-corrected chi connectivity index (χ4v) is 6.24. The van der Waals surface area contributed by atoms with E-state index in [1.54, 1.807) is 0 Å². The first-order chi connectivity index (χ1) is 12.4. The van der Waals surface area contributed by atoms with Crippen LogP contribution in [0, 0.1) is 0 Å². The second-order valence-electron chi connectivity index (χ2n) is 6.16. The second-order valence-corrected chi connectivity index (χ2v) is 10.6. The Morgan fingerprint density at radius 3 is 1.27 bits per heavy atom. The van der Waals surface area contributed by atoms with Gasteiger partial charge in [0.15, 0.2) is 0 Å². The number of hydrogen-bond donors (Lipinski definition) is 0. The van der Waals surface area contributed by atoms with Gasteiger partial charge >= 0.3 is 15.2 Å². The highest BCUT2D eigenvalue weighted by Crippen LogP contribution is 2.73. The lowest BCUT2D eigenvalue weighted by Crippen LogP contribution is -2.06. The third-order valence-corrected chi connectivity index (χ3v) is 8.41. The summed E-state index contributed by atoms with van der Waals surface area (Å²) in [5, 5.41) is -0.181. The highest BCUT2D eigenvalue weighted by molar-refractivity contribution is 7.78. The molecule has 0 aromatic rings. The lowest BCUT2D eigenvalue weighted by atomic mass is 10.3. The van der Waals surface area contributed by atoms with Crippen LogP contribution in [0.15, 0.2) is 11.6 Å². The molecular formula is C18H38O6P2. The molecule has 0 heterocycles. The summed E-state index contributed by atoms with van der Waals surface area (Å²) in [4.78, 5) is 0. The van der Waals surface area contributed by atoms with Gasteiger partial charge in [-0.05, 0) is 25.7 Å². The van der Waals surface area contributed by atoms with Crippen molar-refractivity contribution in [1.82, 2.24) is 0 Å². The molecule has 0 rings (SSSR count). The van der Waals surface area contributed by atoms with Gasteiger partial charge in [-0.15, -0.1) is 0 Å². The van der Waals surface area contributed by atoms with Gasteiger partial charge in [-0.1, -0.05) is 60.0 Å². The highest BCUT2D eigenvalue weighted by atomic mass is 31.2. The van der Waals surface area contributed by atoms with Gasteiger partial charge in [0.1, 0.15) is 5.06 Å². The predicted molar refractivity (Wildman–Crippen MR) is 108 cm³/mol. The van der Waals surface area contributed by atoms with Crippen molar-refractivity contribution < 1.29 is 27.2 Å². The van der Waals surface area contributed by atoms with Gasteiger partial charge in [0.25, 0.3) is 0 Å². The summed E-state index contributed by atoms with van der Waals surface area (Å²) in [6.07, 6.45) is 6.77. The molecule has 8 heteroatoms. The molecule has 0 atom stereocenters. The quantitative estimate of drug-likeness (QED) is 0.176. The topological polar surface area (TPSA) is 71.1 Å². The molecule has 0 saturated carbocycles. The molecule has 156 valence electrons. The van der Waals surface area contributed by atoms with Crippen LogP contribution in [0.3, 0.4) is 0 Å². The number of hydrogen-bond acceptors (Lipinski definition) is 6. The third kappa shape index (κ3) is 9.82. The summed E-state index contributed by atoms with van der Waals surface area (Å²) in [5.41, 5.74) is 0. The van der Waals surface area contributed by atoms with Crippen LogP contribution >= 0.6 is 15.2 Å². The Morgan fingerprint density at radius 2 is 0.962 bits per heavy atom. The van der Waals surface area contributed by atoms with Crippen molar-refractivity contribution in [2.75, 3.05) is 26.4 Å². The summed E-state index contributed by atoms with van der Waals surface area (Å²) in [6.45, 7) is 12.7. The molecular weight excluding hydrogens is 374 g/mol. The lowest BCUT2D eigenvalue weighted by molar-refractivity contribution is 0.195. The highest BCUT2D eigenvalue weighted by Gasteiger charge is 2.44. The Balaban J connectivity index is 5.25. The maximum absolute atomic E-state index is 13.3. The Hall–Kier alpha value is 0.0400. The second kappa shape index (κ2) is 15.0. The summed E-state index contributed by atoms with van der Waals surface area (Å²) in [5.74, 6) is 0. The van der Waals surface area contributed by atoms with Crippen LogP contribution in [-0.2, 0) is 27.2 Å². The van der Waals surface area contributed by atoms with E-state index in [9.17, 15) is 9.13 Å². The molecule has 0 aromatic heterocycles. The van der Waals surface area contributed by atoms with Gasteiger partial charge in [-0.25, -0.2) is 0 Å². The molecule has 0 bridgehead atoms. The van der Waals surface area contributed by atoms with Crippen LogP contribution in [0.5, 0.6) is 0 Å². The molecule has 0 aliphatic carbocycles. The minimum Gasteiger partial charge on any atom is -0.305 e. The van der Waals surface area contributed by atoms with E-state index >= 15 is 0 Å². The van der Waals surface area contributed by atoms with Crippen LogP contribution in [-0.4, -0.2) is 26.4 Å². The van der Waals surface area contributed by atoms with Gasteiger partial charge in [0, 0.05) is 0 Å². The fraction of sp³-hybridized carbons (Fsp3) is 0.889. The van der Waals surface area contributed by atoms with Crippen molar-refractivity contribution >= 4 is 15.2 Å². The van der Waals surface area contributed by atoms with E-state index in [-0.39, 0.29) is 31.5 Å². The van der Waals surface area contributed by atoms with Crippen molar-refractivity contribution in [2.24, 2.45) is 0 Å². The zero-order chi connectivity index (χ0) is 19.9. The van der Waals surface area contributed by atoms with Crippen LogP contribution in [0.4, 0.5) is 0 Å². The van der Waals surface area contributed by atoms with Crippen LogP contribution < -0.4 is 0 Å². The summed E-state index contributed by atoms with van der Waals surface area (Å²) >= 11 is 0. The number of rotatable bonds is 18. The summed E-state index contributed by atoms with van der Waals surface area (Å²) < 4.78 is 48.6. The van der Waals surface area contributed by atoms with Crippen molar-refractivity contribution in [3.05, 3.63) is 11.6 Å². The maximum atomic E-state index is 13.3. The molecule has 0 amide bonds. The molecule has 26 heavy (non-hydrogen) atoms. The largest absolute Gasteiger partial charge is 0.368 e. The Morgan fingerprint density at radius 1 is 0.615 bits per heavy atom. The normalized spacial score (nSPS) is 12.5. The third-order valence-electron chi connectivity index (χ3n) is 3.58. The summed E-state index contributed by atoms with van der Waals surface area (Å²) in [6, 6.07) is 0. The van der Waals surface area contributed by atoms with Crippen LogP contribution in [0.25, 0.3) is 0 Å². The van der Waals surface area contributed by atoms with Crippen molar-refractivity contribution in [1.29, 1.82) is 0 Å². The molecule has 0 unspecified atom stereocenters. The average molecular weight is 412 g/mol. The average Bonchev–Trinajstić information content (AvgIpc) is 2.65. The molecule has 0 spiro atoms. The first-order valence-corrected chi connectivity index (χ1v) is 13.0. The Kier molecular flexibility index (Phi) is 15.0. The number of unbranched alkanes of at least 4 members (excludes halogenated alkanes) is 4. The smallest absolute Gasteiger partial charge is 0.305 e. The predicted octanol–water partition coefficient (Wildman–Crippen LogP) is 7.11. The SMILES string of the molecule is C=C(P(=O)(OCCC)OCCC)P(=O)(OCCCCC)OCCCCC. The van der Waals surface area contributed by atoms with E-state index in [0.29, 0.717) is 12.8 Å². The molecule has 0 aromatic carbocycles. The van der Waals surface area contributed by atoms with E-state index in [2.05, 4.69) is 20.4 Å². The van der Waals surface area contributed by atoms with Gasteiger partial charge < -0.3 is 18.1 Å². The molecule has 0 fully saturated rings. The molecule has 0 N–H and O–H groups in total. The van der Waals surface area contributed by atoms with Gasteiger partial charge in [-0.2, -0.15) is 0 Å². The van der Waals surface area contributed by atoms with Gasteiger partial charge in [0.05, 0.1) is 26.4 Å². The molecule has 0 aliphatic rings. The first kappa shape index (κ1) is 26.0. The summed E-state index contributed by atoms with van der Waals surface area (Å²) in [7, 11) is -7.58. The van der Waals surface area contributed by atoms with E-state index in [4.69, 9.17) is 18.1 Å². The van der Waals surface area contributed by atoms with Crippen LogP contribution in [0.1, 0.15) is 79.1 Å². The molecule has 0 radical (unpaired) electrons. The van der Waals surface area contributed by atoms with E-state index in [1.165, 1.54) is 0 Å². The maximum Gasteiger partial charge on any atom is 0.368 e. The zero-order valence-corrected chi connectivity index (χ0v) is 18.8. The van der Waals surface area contributed by atoms with Gasteiger partial charge in [0.2, 0.25) is 0 Å². The Bertz CT molecular complexity index is 439.